The lowest BCUT2D eigenvalue weighted by Crippen LogP contribution is -2.27. The van der Waals surface area contributed by atoms with E-state index in [1.165, 1.54) is 16.9 Å². The molecular formula is C20H26N2O2S. The van der Waals surface area contributed by atoms with Gasteiger partial charge in [0.2, 0.25) is 5.91 Å². The van der Waals surface area contributed by atoms with Crippen molar-refractivity contribution < 1.29 is 9.59 Å². The van der Waals surface area contributed by atoms with Gasteiger partial charge in [-0.05, 0) is 37.0 Å². The Labute approximate surface area is 153 Å². The molecule has 5 heteroatoms. The zero-order chi connectivity index (χ0) is 18.4. The highest BCUT2D eigenvalue weighted by Gasteiger charge is 2.22. The zero-order valence-electron chi connectivity index (χ0n) is 15.3. The number of benzene rings is 1. The van der Waals surface area contributed by atoms with E-state index in [2.05, 4.69) is 22.8 Å². The van der Waals surface area contributed by atoms with Crippen molar-refractivity contribution in [2.24, 2.45) is 5.41 Å². The maximum Gasteiger partial charge on any atom is 0.261 e. The molecule has 0 unspecified atom stereocenters. The van der Waals surface area contributed by atoms with E-state index in [9.17, 15) is 9.59 Å². The molecule has 0 fully saturated rings. The van der Waals surface area contributed by atoms with Crippen molar-refractivity contribution in [1.82, 2.24) is 5.32 Å². The number of aryl methyl sites for hydroxylation is 2. The molecule has 4 nitrogen and oxygen atoms in total. The number of nitrogens with one attached hydrogen (secondary N) is 2. The van der Waals surface area contributed by atoms with Crippen LogP contribution in [0.2, 0.25) is 0 Å². The largest absolute Gasteiger partial charge is 0.351 e. The van der Waals surface area contributed by atoms with Crippen LogP contribution in [-0.2, 0) is 11.2 Å². The highest BCUT2D eigenvalue weighted by atomic mass is 32.1. The van der Waals surface area contributed by atoms with E-state index >= 15 is 0 Å². The molecular weight excluding hydrogens is 332 g/mol. The summed E-state index contributed by atoms with van der Waals surface area (Å²) in [5.74, 6) is -0.129. The van der Waals surface area contributed by atoms with Gasteiger partial charge in [0.15, 0.2) is 0 Å². The maximum atomic E-state index is 12.4. The minimum absolute atomic E-state index is 0.0523. The molecule has 2 aromatic rings. The van der Waals surface area contributed by atoms with E-state index < -0.39 is 5.41 Å². The molecule has 0 spiro atoms. The van der Waals surface area contributed by atoms with Crippen LogP contribution in [0.15, 0.2) is 36.4 Å². The second kappa shape index (κ2) is 8.30. The molecule has 0 radical (unpaired) electrons. The smallest absolute Gasteiger partial charge is 0.261 e. The Morgan fingerprint density at radius 3 is 2.44 bits per heavy atom. The second-order valence-electron chi connectivity index (χ2n) is 7.17. The molecule has 2 rings (SSSR count). The summed E-state index contributed by atoms with van der Waals surface area (Å²) < 4.78 is 0. The maximum absolute atomic E-state index is 12.4. The highest BCUT2D eigenvalue weighted by molar-refractivity contribution is 7.18. The zero-order valence-corrected chi connectivity index (χ0v) is 16.1. The van der Waals surface area contributed by atoms with Crippen LogP contribution in [0, 0.1) is 12.3 Å². The molecule has 0 bridgehead atoms. The molecule has 25 heavy (non-hydrogen) atoms. The average Bonchev–Trinajstić information content (AvgIpc) is 2.92. The van der Waals surface area contributed by atoms with Crippen LogP contribution in [0.1, 0.15) is 48.0 Å². The van der Waals surface area contributed by atoms with E-state index in [1.54, 1.807) is 0 Å². The van der Waals surface area contributed by atoms with Gasteiger partial charge < -0.3 is 10.6 Å². The lowest BCUT2D eigenvalue weighted by Gasteiger charge is -2.16. The van der Waals surface area contributed by atoms with E-state index in [-0.39, 0.29) is 11.8 Å². The standard InChI is InChI=1S/C20H26N2O2S/c1-14-13-16(22-19(24)20(2,3)4)25-17(14)18(23)21-12-8-11-15-9-6-5-7-10-15/h5-7,9-10,13H,8,11-12H2,1-4H3,(H,21,23)(H,22,24). The number of hydrogen-bond donors (Lipinski definition) is 2. The SMILES string of the molecule is Cc1cc(NC(=O)C(C)(C)C)sc1C(=O)NCCCc1ccccc1. The van der Waals surface area contributed by atoms with Crippen LogP contribution in [0.4, 0.5) is 5.00 Å². The van der Waals surface area contributed by atoms with E-state index in [4.69, 9.17) is 0 Å². The van der Waals surface area contributed by atoms with Crippen molar-refractivity contribution in [1.29, 1.82) is 0 Å². The topological polar surface area (TPSA) is 58.2 Å². The molecule has 0 aliphatic carbocycles. The molecule has 0 aliphatic heterocycles. The molecule has 2 N–H and O–H groups in total. The molecule has 134 valence electrons. The summed E-state index contributed by atoms with van der Waals surface area (Å²) in [6.45, 7) is 8.12. The van der Waals surface area contributed by atoms with Crippen LogP contribution in [0.25, 0.3) is 0 Å². The Kier molecular flexibility index (Phi) is 6.37. The predicted molar refractivity (Wildman–Crippen MR) is 104 cm³/mol. The van der Waals surface area contributed by atoms with Gasteiger partial charge in [0.25, 0.3) is 5.91 Å². The lowest BCUT2D eigenvalue weighted by atomic mass is 9.96. The van der Waals surface area contributed by atoms with E-state index in [0.29, 0.717) is 16.4 Å². The summed E-state index contributed by atoms with van der Waals surface area (Å²) in [6.07, 6.45) is 1.84. The first-order valence-electron chi connectivity index (χ1n) is 8.51. The van der Waals surface area contributed by atoms with Crippen molar-refractivity contribution in [3.05, 3.63) is 52.4 Å². The summed E-state index contributed by atoms with van der Waals surface area (Å²) >= 11 is 1.32. The molecule has 1 aromatic carbocycles. The van der Waals surface area contributed by atoms with Gasteiger partial charge >= 0.3 is 0 Å². The van der Waals surface area contributed by atoms with Gasteiger partial charge in [0, 0.05) is 12.0 Å². The van der Waals surface area contributed by atoms with Gasteiger partial charge in [-0.15, -0.1) is 11.3 Å². The fourth-order valence-corrected chi connectivity index (χ4v) is 3.27. The molecule has 0 saturated carbocycles. The van der Waals surface area contributed by atoms with Crippen molar-refractivity contribution in [3.63, 3.8) is 0 Å². The van der Waals surface area contributed by atoms with Crippen molar-refractivity contribution in [2.45, 2.75) is 40.5 Å². The molecule has 0 aliphatic rings. The fourth-order valence-electron chi connectivity index (χ4n) is 2.29. The lowest BCUT2D eigenvalue weighted by molar-refractivity contribution is -0.123. The number of carbonyl (C=O) groups excluding carboxylic acids is 2. The average molecular weight is 359 g/mol. The number of hydrogen-bond acceptors (Lipinski definition) is 3. The van der Waals surface area contributed by atoms with Crippen molar-refractivity contribution >= 4 is 28.2 Å². The van der Waals surface area contributed by atoms with Crippen LogP contribution in [-0.4, -0.2) is 18.4 Å². The first kappa shape index (κ1) is 19.2. The Bertz CT molecular complexity index is 730. The molecule has 2 amide bonds. The third-order valence-corrected chi connectivity index (χ3v) is 4.96. The Morgan fingerprint density at radius 2 is 1.80 bits per heavy atom. The third-order valence-electron chi connectivity index (χ3n) is 3.81. The number of thiophene rings is 1. The molecule has 0 saturated heterocycles. The minimum Gasteiger partial charge on any atom is -0.351 e. The Morgan fingerprint density at radius 1 is 1.12 bits per heavy atom. The van der Waals surface area contributed by atoms with Crippen LogP contribution in [0.5, 0.6) is 0 Å². The van der Waals surface area contributed by atoms with Crippen LogP contribution in [0.3, 0.4) is 0 Å². The third kappa shape index (κ3) is 5.71. The minimum atomic E-state index is -0.461. The van der Waals surface area contributed by atoms with Crippen LogP contribution < -0.4 is 10.6 Å². The van der Waals surface area contributed by atoms with Crippen molar-refractivity contribution in [3.8, 4) is 0 Å². The summed E-state index contributed by atoms with van der Waals surface area (Å²) in [5.41, 5.74) is 1.70. The fraction of sp³-hybridized carbons (Fsp3) is 0.400. The van der Waals surface area contributed by atoms with Gasteiger partial charge in [-0.3, -0.25) is 9.59 Å². The number of anilines is 1. The number of rotatable bonds is 6. The highest BCUT2D eigenvalue weighted by Crippen LogP contribution is 2.28. The normalized spacial score (nSPS) is 11.2. The van der Waals surface area contributed by atoms with Crippen molar-refractivity contribution in [2.75, 3.05) is 11.9 Å². The monoisotopic (exact) mass is 358 g/mol. The first-order chi connectivity index (χ1) is 11.8. The predicted octanol–water partition coefficient (Wildman–Crippen LogP) is 4.40. The number of amides is 2. The Balaban J connectivity index is 1.86. The van der Waals surface area contributed by atoms with Gasteiger partial charge in [-0.25, -0.2) is 0 Å². The van der Waals surface area contributed by atoms with Gasteiger partial charge in [-0.1, -0.05) is 51.1 Å². The molecule has 1 heterocycles. The summed E-state index contributed by atoms with van der Waals surface area (Å²) in [5, 5.41) is 6.57. The van der Waals surface area contributed by atoms with Gasteiger partial charge in [0.1, 0.15) is 0 Å². The quantitative estimate of drug-likeness (QED) is 0.752. The Hall–Kier alpha value is -2.14. The van der Waals surface area contributed by atoms with Crippen LogP contribution >= 0.6 is 11.3 Å². The summed E-state index contributed by atoms with van der Waals surface area (Å²) in [6, 6.07) is 12.1. The van der Waals surface area contributed by atoms with Gasteiger partial charge in [0.05, 0.1) is 9.88 Å². The van der Waals surface area contributed by atoms with E-state index in [1.807, 2.05) is 52.0 Å². The van der Waals surface area contributed by atoms with Gasteiger partial charge in [-0.2, -0.15) is 0 Å². The second-order valence-corrected chi connectivity index (χ2v) is 8.22. The molecule has 0 atom stereocenters. The number of carbonyl (C=O) groups is 2. The molecule has 1 aromatic heterocycles. The summed E-state index contributed by atoms with van der Waals surface area (Å²) in [4.78, 5) is 25.1. The first-order valence-corrected chi connectivity index (χ1v) is 9.33. The van der Waals surface area contributed by atoms with E-state index in [0.717, 1.165) is 18.4 Å². The summed E-state index contributed by atoms with van der Waals surface area (Å²) in [7, 11) is 0.